The quantitative estimate of drug-likeness (QED) is 0.696. The van der Waals surface area contributed by atoms with Crippen LogP contribution in [0.15, 0.2) is 36.7 Å². The highest BCUT2D eigenvalue weighted by atomic mass is 35.5. The van der Waals surface area contributed by atoms with Crippen LogP contribution in [-0.2, 0) is 11.3 Å². The van der Waals surface area contributed by atoms with Crippen molar-refractivity contribution >= 4 is 17.5 Å². The number of amides is 1. The minimum Gasteiger partial charge on any atom is -0.493 e. The van der Waals surface area contributed by atoms with E-state index in [1.807, 2.05) is 38.4 Å². The van der Waals surface area contributed by atoms with E-state index >= 15 is 0 Å². The fourth-order valence-electron chi connectivity index (χ4n) is 2.16. The number of carbonyl (C=O) groups is 1. The summed E-state index contributed by atoms with van der Waals surface area (Å²) < 4.78 is 7.41. The molecule has 0 fully saturated rings. The van der Waals surface area contributed by atoms with E-state index in [9.17, 15) is 4.79 Å². The minimum absolute atomic E-state index is 0.112. The van der Waals surface area contributed by atoms with Gasteiger partial charge in [-0.3, -0.25) is 9.48 Å². The Bertz CT molecular complexity index is 642. The zero-order chi connectivity index (χ0) is 16.7. The summed E-state index contributed by atoms with van der Waals surface area (Å²) in [5.74, 6) is 0.862. The number of nitrogens with zero attached hydrogens (tertiary/aromatic N) is 3. The summed E-state index contributed by atoms with van der Waals surface area (Å²) >= 11 is 5.90. The number of hydrogen-bond donors (Lipinski definition) is 0. The van der Waals surface area contributed by atoms with Crippen LogP contribution < -0.4 is 4.74 Å². The molecule has 6 heteroatoms. The van der Waals surface area contributed by atoms with Crippen molar-refractivity contribution in [2.24, 2.45) is 0 Å². The van der Waals surface area contributed by atoms with Crippen LogP contribution in [0.3, 0.4) is 0 Å². The Morgan fingerprint density at radius 3 is 2.96 bits per heavy atom. The third kappa shape index (κ3) is 5.94. The molecule has 124 valence electrons. The lowest BCUT2D eigenvalue weighted by Gasteiger charge is -2.17. The van der Waals surface area contributed by atoms with Gasteiger partial charge >= 0.3 is 0 Å². The van der Waals surface area contributed by atoms with E-state index < -0.39 is 0 Å². The van der Waals surface area contributed by atoms with Gasteiger partial charge in [-0.05, 0) is 37.1 Å². The lowest BCUT2D eigenvalue weighted by molar-refractivity contribution is -0.130. The Kier molecular flexibility index (Phi) is 6.47. The number of ether oxygens (including phenoxy) is 1. The predicted molar refractivity (Wildman–Crippen MR) is 90.8 cm³/mol. The third-order valence-corrected chi connectivity index (χ3v) is 3.68. The molecule has 2 rings (SSSR count). The summed E-state index contributed by atoms with van der Waals surface area (Å²) in [6.07, 6.45) is 4.95. The van der Waals surface area contributed by atoms with Crippen molar-refractivity contribution < 1.29 is 9.53 Å². The average molecular weight is 336 g/mol. The number of aromatic nitrogens is 2. The Morgan fingerprint density at radius 1 is 1.43 bits per heavy atom. The molecule has 0 saturated carbocycles. The number of rotatable bonds is 8. The minimum atomic E-state index is 0.112. The number of benzene rings is 1. The van der Waals surface area contributed by atoms with Crippen molar-refractivity contribution in [1.82, 2.24) is 14.7 Å². The lowest BCUT2D eigenvalue weighted by Crippen LogP contribution is -2.29. The summed E-state index contributed by atoms with van der Waals surface area (Å²) in [5, 5.41) is 4.83. The van der Waals surface area contributed by atoms with Crippen LogP contribution in [0.25, 0.3) is 0 Å². The van der Waals surface area contributed by atoms with Crippen molar-refractivity contribution in [2.45, 2.75) is 26.3 Å². The van der Waals surface area contributed by atoms with E-state index in [1.165, 1.54) is 0 Å². The maximum Gasteiger partial charge on any atom is 0.224 e. The molecule has 0 bridgehead atoms. The zero-order valence-electron chi connectivity index (χ0n) is 13.5. The maximum absolute atomic E-state index is 12.1. The first-order valence-electron chi connectivity index (χ1n) is 7.66. The molecule has 1 heterocycles. The predicted octanol–water partition coefficient (Wildman–Crippen LogP) is 3.16. The van der Waals surface area contributed by atoms with Crippen molar-refractivity contribution in [3.63, 3.8) is 0 Å². The van der Waals surface area contributed by atoms with Gasteiger partial charge in [0, 0.05) is 37.8 Å². The van der Waals surface area contributed by atoms with Crippen molar-refractivity contribution in [3.8, 4) is 5.75 Å². The Balaban J connectivity index is 1.63. The summed E-state index contributed by atoms with van der Waals surface area (Å²) in [5.41, 5.74) is 1.10. The van der Waals surface area contributed by atoms with Gasteiger partial charge in [-0.1, -0.05) is 17.7 Å². The Labute approximate surface area is 141 Å². The van der Waals surface area contributed by atoms with Crippen LogP contribution in [0.4, 0.5) is 0 Å². The second-order valence-corrected chi connectivity index (χ2v) is 5.94. The van der Waals surface area contributed by atoms with E-state index in [0.717, 1.165) is 17.7 Å². The highest BCUT2D eigenvalue weighted by molar-refractivity contribution is 6.30. The van der Waals surface area contributed by atoms with Crippen LogP contribution in [0.5, 0.6) is 5.75 Å². The smallest absolute Gasteiger partial charge is 0.224 e. The molecule has 2 aromatic rings. The van der Waals surface area contributed by atoms with Gasteiger partial charge in [0.05, 0.1) is 12.8 Å². The summed E-state index contributed by atoms with van der Waals surface area (Å²) in [7, 11) is 1.82. The van der Waals surface area contributed by atoms with E-state index in [4.69, 9.17) is 16.3 Å². The van der Waals surface area contributed by atoms with Crippen molar-refractivity contribution in [3.05, 3.63) is 47.2 Å². The Morgan fingerprint density at radius 2 is 2.26 bits per heavy atom. The molecular weight excluding hydrogens is 314 g/mol. The highest BCUT2D eigenvalue weighted by Crippen LogP contribution is 2.17. The fourth-order valence-corrected chi connectivity index (χ4v) is 2.34. The second kappa shape index (κ2) is 8.58. The monoisotopic (exact) mass is 335 g/mol. The fraction of sp³-hybridized carbons (Fsp3) is 0.412. The third-order valence-electron chi connectivity index (χ3n) is 3.45. The number of aryl methyl sites for hydroxylation is 2. The van der Waals surface area contributed by atoms with Gasteiger partial charge in [0.25, 0.3) is 0 Å². The molecule has 0 aliphatic carbocycles. The molecule has 1 aromatic carbocycles. The molecule has 0 aliphatic heterocycles. The van der Waals surface area contributed by atoms with E-state index in [-0.39, 0.29) is 5.91 Å². The molecular formula is C17H22ClN3O2. The molecule has 0 N–H and O–H groups in total. The molecule has 0 unspecified atom stereocenters. The van der Waals surface area contributed by atoms with Crippen LogP contribution in [0, 0.1) is 6.92 Å². The van der Waals surface area contributed by atoms with E-state index in [0.29, 0.717) is 31.1 Å². The highest BCUT2D eigenvalue weighted by Gasteiger charge is 2.09. The molecule has 0 atom stereocenters. The Hall–Kier alpha value is -2.01. The SMILES string of the molecule is Cc1cnn(CCC(=O)N(C)CCCOc2cccc(Cl)c2)c1. The van der Waals surface area contributed by atoms with Gasteiger partial charge in [0.15, 0.2) is 0 Å². The largest absolute Gasteiger partial charge is 0.493 e. The molecule has 1 amide bonds. The van der Waals surface area contributed by atoms with Gasteiger partial charge in [-0.25, -0.2) is 0 Å². The molecule has 5 nitrogen and oxygen atoms in total. The first-order chi connectivity index (χ1) is 11.0. The van der Waals surface area contributed by atoms with Gasteiger partial charge in [0.1, 0.15) is 5.75 Å². The van der Waals surface area contributed by atoms with Crippen LogP contribution >= 0.6 is 11.6 Å². The van der Waals surface area contributed by atoms with Gasteiger partial charge < -0.3 is 9.64 Å². The molecule has 0 aliphatic rings. The van der Waals surface area contributed by atoms with E-state index in [1.54, 1.807) is 21.8 Å². The first kappa shape index (κ1) is 17.3. The van der Waals surface area contributed by atoms with Gasteiger partial charge in [0.2, 0.25) is 5.91 Å². The molecule has 23 heavy (non-hydrogen) atoms. The normalized spacial score (nSPS) is 10.6. The van der Waals surface area contributed by atoms with Crippen molar-refractivity contribution in [1.29, 1.82) is 0 Å². The van der Waals surface area contributed by atoms with Crippen molar-refractivity contribution in [2.75, 3.05) is 20.2 Å². The summed E-state index contributed by atoms with van der Waals surface area (Å²) in [4.78, 5) is 13.8. The maximum atomic E-state index is 12.1. The molecule has 0 radical (unpaired) electrons. The molecule has 1 aromatic heterocycles. The summed E-state index contributed by atoms with van der Waals surface area (Å²) in [6.45, 7) is 3.81. The standard InChI is InChI=1S/C17H22ClN3O2/c1-14-12-19-21(13-14)9-7-17(22)20(2)8-4-10-23-16-6-3-5-15(18)11-16/h3,5-6,11-13H,4,7-10H2,1-2H3. The molecule has 0 saturated heterocycles. The lowest BCUT2D eigenvalue weighted by atomic mass is 10.3. The topological polar surface area (TPSA) is 47.4 Å². The van der Waals surface area contributed by atoms with Crippen LogP contribution in [0.2, 0.25) is 5.02 Å². The first-order valence-corrected chi connectivity index (χ1v) is 8.04. The number of carbonyl (C=O) groups excluding carboxylic acids is 1. The van der Waals surface area contributed by atoms with Gasteiger partial charge in [-0.2, -0.15) is 5.10 Å². The van der Waals surface area contributed by atoms with Crippen LogP contribution in [0.1, 0.15) is 18.4 Å². The number of halogens is 1. The zero-order valence-corrected chi connectivity index (χ0v) is 14.3. The molecule has 0 spiro atoms. The number of hydrogen-bond acceptors (Lipinski definition) is 3. The van der Waals surface area contributed by atoms with E-state index in [2.05, 4.69) is 5.10 Å². The average Bonchev–Trinajstić information content (AvgIpc) is 2.94. The summed E-state index contributed by atoms with van der Waals surface area (Å²) in [6, 6.07) is 7.31. The second-order valence-electron chi connectivity index (χ2n) is 5.51. The van der Waals surface area contributed by atoms with Crippen LogP contribution in [-0.4, -0.2) is 40.8 Å². The van der Waals surface area contributed by atoms with Gasteiger partial charge in [-0.15, -0.1) is 0 Å².